The van der Waals surface area contributed by atoms with Crippen molar-refractivity contribution in [3.05, 3.63) is 24.3 Å². The van der Waals surface area contributed by atoms with Crippen LogP contribution in [0.1, 0.15) is 6.42 Å². The molecule has 1 aliphatic carbocycles. The molecule has 0 aromatic carbocycles. The number of rotatable bonds is 2. The molecule has 0 bridgehead atoms. The van der Waals surface area contributed by atoms with Crippen LogP contribution < -0.4 is 0 Å². The summed E-state index contributed by atoms with van der Waals surface area (Å²) in [4.78, 5) is 0. The van der Waals surface area contributed by atoms with Gasteiger partial charge in [-0.2, -0.15) is 0 Å². The normalized spacial score (nSPS) is 20.7. The Labute approximate surface area is 107 Å². The fraction of sp³-hybridized carbons (Fsp3) is 0.600. The van der Waals surface area contributed by atoms with Crippen molar-refractivity contribution in [2.75, 3.05) is 0 Å². The molecule has 0 aromatic rings. The summed E-state index contributed by atoms with van der Waals surface area (Å²) in [5, 5.41) is 0. The molecule has 0 spiro atoms. The zero-order chi connectivity index (χ0) is 11.7. The van der Waals surface area contributed by atoms with Crippen molar-refractivity contribution in [1.82, 2.24) is 0 Å². The summed E-state index contributed by atoms with van der Waals surface area (Å²) >= 11 is 18.0. The highest BCUT2D eigenvalue weighted by Crippen LogP contribution is 2.45. The number of alkyl halides is 3. The van der Waals surface area contributed by atoms with Gasteiger partial charge < -0.3 is 4.43 Å². The van der Waals surface area contributed by atoms with Gasteiger partial charge >= 0.3 is 0 Å². The van der Waals surface area contributed by atoms with Crippen LogP contribution in [-0.4, -0.2) is 17.7 Å². The predicted molar refractivity (Wildman–Crippen MR) is 70.3 cm³/mol. The standard InChI is InChI=1S/C10H15Cl3OSi/c1-15(2,3)14-9(10(11,12)13)7-5-4-6-8-9/h5-8H,4H2,1-3H3. The minimum Gasteiger partial charge on any atom is -0.401 e. The van der Waals surface area contributed by atoms with Gasteiger partial charge in [0.15, 0.2) is 8.32 Å². The van der Waals surface area contributed by atoms with Gasteiger partial charge in [-0.25, -0.2) is 0 Å². The third-order valence-corrected chi connectivity index (χ3v) is 3.76. The molecule has 0 fully saturated rings. The first kappa shape index (κ1) is 13.6. The highest BCUT2D eigenvalue weighted by molar-refractivity contribution is 6.71. The molecule has 86 valence electrons. The largest absolute Gasteiger partial charge is 0.401 e. The smallest absolute Gasteiger partial charge is 0.225 e. The fourth-order valence-electron chi connectivity index (χ4n) is 1.44. The number of hydrogen-bond donors (Lipinski definition) is 0. The van der Waals surface area contributed by atoms with E-state index in [1.165, 1.54) is 0 Å². The van der Waals surface area contributed by atoms with Crippen LogP contribution in [-0.2, 0) is 4.43 Å². The van der Waals surface area contributed by atoms with Crippen LogP contribution in [0.25, 0.3) is 0 Å². The molecule has 0 unspecified atom stereocenters. The van der Waals surface area contributed by atoms with Crippen molar-refractivity contribution >= 4 is 43.1 Å². The van der Waals surface area contributed by atoms with E-state index in [-0.39, 0.29) is 0 Å². The Morgan fingerprint density at radius 3 is 1.93 bits per heavy atom. The maximum Gasteiger partial charge on any atom is 0.225 e. The Morgan fingerprint density at radius 2 is 1.60 bits per heavy atom. The first-order valence-electron chi connectivity index (χ1n) is 4.79. The van der Waals surface area contributed by atoms with E-state index in [1.807, 2.05) is 24.3 Å². The molecule has 0 radical (unpaired) electrons. The molecule has 0 saturated carbocycles. The monoisotopic (exact) mass is 284 g/mol. The minimum atomic E-state index is -1.78. The van der Waals surface area contributed by atoms with Crippen LogP contribution in [0.4, 0.5) is 0 Å². The molecule has 15 heavy (non-hydrogen) atoms. The van der Waals surface area contributed by atoms with Crippen molar-refractivity contribution in [3.63, 3.8) is 0 Å². The number of hydrogen-bond acceptors (Lipinski definition) is 1. The van der Waals surface area contributed by atoms with E-state index in [1.54, 1.807) is 0 Å². The number of allylic oxidation sites excluding steroid dienone is 2. The predicted octanol–water partition coefficient (Wildman–Crippen LogP) is 4.46. The van der Waals surface area contributed by atoms with Gasteiger partial charge in [0, 0.05) is 0 Å². The lowest BCUT2D eigenvalue weighted by atomic mass is 10.0. The van der Waals surface area contributed by atoms with Crippen molar-refractivity contribution in [2.24, 2.45) is 0 Å². The Morgan fingerprint density at radius 1 is 1.13 bits per heavy atom. The summed E-state index contributed by atoms with van der Waals surface area (Å²) in [6, 6.07) is 0. The van der Waals surface area contributed by atoms with E-state index >= 15 is 0 Å². The van der Waals surface area contributed by atoms with Gasteiger partial charge in [0.25, 0.3) is 0 Å². The molecule has 0 N–H and O–H groups in total. The van der Waals surface area contributed by atoms with E-state index in [2.05, 4.69) is 19.6 Å². The second-order valence-corrected chi connectivity index (χ2v) is 11.3. The second kappa shape index (κ2) is 4.42. The molecular formula is C10H15Cl3OSi. The zero-order valence-corrected chi connectivity index (χ0v) is 12.3. The first-order valence-corrected chi connectivity index (χ1v) is 9.33. The van der Waals surface area contributed by atoms with Crippen LogP contribution in [0, 0.1) is 0 Å². The van der Waals surface area contributed by atoms with Gasteiger partial charge in [-0.1, -0.05) is 47.0 Å². The van der Waals surface area contributed by atoms with Crippen LogP contribution in [0.15, 0.2) is 24.3 Å². The summed E-state index contributed by atoms with van der Waals surface area (Å²) in [6.45, 7) is 6.21. The van der Waals surface area contributed by atoms with Gasteiger partial charge in [0.1, 0.15) is 5.60 Å². The average Bonchev–Trinajstić information content (AvgIpc) is 2.00. The van der Waals surface area contributed by atoms with Gasteiger partial charge in [0.2, 0.25) is 3.79 Å². The van der Waals surface area contributed by atoms with E-state index in [9.17, 15) is 0 Å². The molecule has 1 nitrogen and oxygen atoms in total. The topological polar surface area (TPSA) is 9.23 Å². The van der Waals surface area contributed by atoms with Crippen LogP contribution in [0.5, 0.6) is 0 Å². The van der Waals surface area contributed by atoms with Gasteiger partial charge in [-0.15, -0.1) is 0 Å². The third kappa shape index (κ3) is 3.50. The van der Waals surface area contributed by atoms with Crippen molar-refractivity contribution in [1.29, 1.82) is 0 Å². The van der Waals surface area contributed by atoms with Crippen molar-refractivity contribution < 1.29 is 4.43 Å². The molecular weight excluding hydrogens is 271 g/mol. The van der Waals surface area contributed by atoms with Crippen LogP contribution in [0.2, 0.25) is 19.6 Å². The Bertz CT molecular complexity index is 274. The summed E-state index contributed by atoms with van der Waals surface area (Å²) < 4.78 is 4.53. The highest BCUT2D eigenvalue weighted by atomic mass is 35.6. The van der Waals surface area contributed by atoms with Gasteiger partial charge in [0.05, 0.1) is 0 Å². The van der Waals surface area contributed by atoms with Crippen molar-refractivity contribution in [3.8, 4) is 0 Å². The van der Waals surface area contributed by atoms with E-state index in [0.717, 1.165) is 6.42 Å². The lowest BCUT2D eigenvalue weighted by Crippen LogP contribution is -2.49. The average molecular weight is 286 g/mol. The number of halogens is 3. The second-order valence-electron chi connectivity index (χ2n) is 4.55. The first-order chi connectivity index (χ1) is 6.66. The summed E-state index contributed by atoms with van der Waals surface area (Å²) in [5.74, 6) is 0. The molecule has 0 amide bonds. The molecule has 0 aliphatic heterocycles. The van der Waals surface area contributed by atoms with E-state index in [0.29, 0.717) is 0 Å². The highest BCUT2D eigenvalue weighted by Gasteiger charge is 2.48. The fourth-order valence-corrected chi connectivity index (χ4v) is 3.43. The maximum atomic E-state index is 6.00. The van der Waals surface area contributed by atoms with E-state index in [4.69, 9.17) is 39.2 Å². The van der Waals surface area contributed by atoms with Crippen molar-refractivity contribution in [2.45, 2.75) is 35.5 Å². The molecule has 0 atom stereocenters. The van der Waals surface area contributed by atoms with Crippen LogP contribution in [0.3, 0.4) is 0 Å². The maximum absolute atomic E-state index is 6.00. The van der Waals surface area contributed by atoms with Crippen LogP contribution >= 0.6 is 34.8 Å². The van der Waals surface area contributed by atoms with E-state index < -0.39 is 17.7 Å². The summed E-state index contributed by atoms with van der Waals surface area (Å²) in [5.41, 5.74) is -0.902. The quantitative estimate of drug-likeness (QED) is 0.413. The molecule has 0 heterocycles. The Kier molecular flexibility index (Phi) is 4.00. The third-order valence-electron chi connectivity index (χ3n) is 1.92. The molecule has 0 aromatic heterocycles. The summed E-state index contributed by atoms with van der Waals surface area (Å²) in [6.07, 6.45) is 8.47. The molecule has 5 heteroatoms. The van der Waals surface area contributed by atoms with Gasteiger partial charge in [-0.3, -0.25) is 0 Å². The zero-order valence-electron chi connectivity index (χ0n) is 9.06. The lowest BCUT2D eigenvalue weighted by molar-refractivity contribution is 0.165. The molecule has 0 saturated heterocycles. The summed E-state index contributed by atoms with van der Waals surface area (Å²) in [7, 11) is -1.78. The van der Waals surface area contributed by atoms with Gasteiger partial charge in [-0.05, 0) is 38.2 Å². The molecule has 1 aliphatic rings. The molecule has 1 rings (SSSR count). The SMILES string of the molecule is C[Si](C)(C)OC1(C(Cl)(Cl)Cl)C=CCC=C1. The Balaban J connectivity index is 3.03. The lowest BCUT2D eigenvalue weighted by Gasteiger charge is -2.40. The Hall–Kier alpha value is 0.527. The minimum absolute atomic E-state index is 0.859.